The number of hydrogen-bond donors (Lipinski definition) is 0. The van der Waals surface area contributed by atoms with E-state index in [0.717, 1.165) is 13.7 Å². The maximum Gasteiger partial charge on any atom is 0.414 e. The zero-order chi connectivity index (χ0) is 10.1. The van der Waals surface area contributed by atoms with Gasteiger partial charge in [0, 0.05) is 13.7 Å². The maximum absolute atomic E-state index is 11.3. The second-order valence-electron chi connectivity index (χ2n) is 2.86. The van der Waals surface area contributed by atoms with Gasteiger partial charge in [-0.3, -0.25) is 4.90 Å². The Hall–Kier alpha value is -0.300. The van der Waals surface area contributed by atoms with E-state index in [1.165, 1.54) is 0 Å². The highest BCUT2D eigenvalue weighted by Gasteiger charge is 2.23. The number of halogens is 2. The van der Waals surface area contributed by atoms with Crippen molar-refractivity contribution in [3.05, 3.63) is 26.2 Å². The van der Waals surface area contributed by atoms with Crippen LogP contribution in [0.3, 0.4) is 0 Å². The zero-order valence-electron chi connectivity index (χ0n) is 7.17. The predicted molar refractivity (Wildman–Crippen MR) is 65.6 cm³/mol. The minimum Gasteiger partial charge on any atom is -0.447 e. The van der Waals surface area contributed by atoms with E-state index in [9.17, 15) is 4.79 Å². The normalized spacial score (nSPS) is 15.9. The summed E-state index contributed by atoms with van der Waals surface area (Å²) in [5, 5.41) is 0. The lowest BCUT2D eigenvalue weighted by molar-refractivity contribution is 0.181. The van der Waals surface area contributed by atoms with E-state index >= 15 is 0 Å². The van der Waals surface area contributed by atoms with Gasteiger partial charge in [0.25, 0.3) is 0 Å². The standard InChI is InChI=1S/C9H7BrINO2/c10-7-5-6(1-2-8(7)11)12-3-4-14-9(12)13/h1-2,5H,3-4H2. The van der Waals surface area contributed by atoms with E-state index in [4.69, 9.17) is 4.74 Å². The van der Waals surface area contributed by atoms with E-state index in [1.807, 2.05) is 18.2 Å². The first-order valence-corrected chi connectivity index (χ1v) is 5.95. The van der Waals surface area contributed by atoms with Gasteiger partial charge in [-0.25, -0.2) is 4.79 Å². The molecule has 1 aliphatic heterocycles. The van der Waals surface area contributed by atoms with E-state index < -0.39 is 0 Å². The van der Waals surface area contributed by atoms with Gasteiger partial charge in [-0.15, -0.1) is 0 Å². The summed E-state index contributed by atoms with van der Waals surface area (Å²) in [5.74, 6) is 0. The highest BCUT2D eigenvalue weighted by molar-refractivity contribution is 14.1. The molecule has 0 spiro atoms. The van der Waals surface area contributed by atoms with E-state index in [-0.39, 0.29) is 6.09 Å². The molecule has 5 heteroatoms. The Bertz CT molecular complexity index is 383. The quantitative estimate of drug-likeness (QED) is 0.714. The van der Waals surface area contributed by atoms with Crippen LogP contribution in [0.2, 0.25) is 0 Å². The summed E-state index contributed by atoms with van der Waals surface area (Å²) in [6.45, 7) is 1.11. The third kappa shape index (κ3) is 1.88. The highest BCUT2D eigenvalue weighted by Crippen LogP contribution is 2.26. The average molecular weight is 368 g/mol. The summed E-state index contributed by atoms with van der Waals surface area (Å²) in [7, 11) is 0. The molecule has 0 unspecified atom stereocenters. The molecule has 1 aromatic carbocycles. The first kappa shape index (κ1) is 10.2. The second-order valence-corrected chi connectivity index (χ2v) is 4.88. The molecule has 0 bridgehead atoms. The minimum atomic E-state index is -0.266. The lowest BCUT2D eigenvalue weighted by Gasteiger charge is -2.13. The first-order chi connectivity index (χ1) is 6.68. The monoisotopic (exact) mass is 367 g/mol. The molecule has 1 saturated heterocycles. The molecule has 0 N–H and O–H groups in total. The van der Waals surface area contributed by atoms with Crippen LogP contribution in [0.4, 0.5) is 10.5 Å². The molecule has 1 amide bonds. The maximum atomic E-state index is 11.3. The fourth-order valence-electron chi connectivity index (χ4n) is 1.28. The molecule has 1 heterocycles. The number of nitrogens with zero attached hydrogens (tertiary/aromatic N) is 1. The fourth-order valence-corrected chi connectivity index (χ4v) is 1.98. The molecule has 1 aliphatic rings. The van der Waals surface area contributed by atoms with Gasteiger partial charge in [0.2, 0.25) is 0 Å². The highest BCUT2D eigenvalue weighted by atomic mass is 127. The lowest BCUT2D eigenvalue weighted by Crippen LogP contribution is -2.23. The van der Waals surface area contributed by atoms with Crippen LogP contribution < -0.4 is 4.90 Å². The van der Waals surface area contributed by atoms with Crippen LogP contribution in [0.5, 0.6) is 0 Å². The van der Waals surface area contributed by atoms with Crippen LogP contribution in [0.1, 0.15) is 0 Å². The molecule has 0 saturated carbocycles. The number of carbonyl (C=O) groups is 1. The van der Waals surface area contributed by atoms with Gasteiger partial charge >= 0.3 is 6.09 Å². The van der Waals surface area contributed by atoms with Gasteiger partial charge in [-0.2, -0.15) is 0 Å². The largest absolute Gasteiger partial charge is 0.447 e. The number of benzene rings is 1. The number of carbonyl (C=O) groups excluding carboxylic acids is 1. The van der Waals surface area contributed by atoms with E-state index in [2.05, 4.69) is 38.5 Å². The molecule has 2 rings (SSSR count). The molecule has 1 fully saturated rings. The Labute approximate surface area is 104 Å². The van der Waals surface area contributed by atoms with Crippen molar-refractivity contribution in [2.24, 2.45) is 0 Å². The van der Waals surface area contributed by atoms with Crippen molar-refractivity contribution in [2.45, 2.75) is 0 Å². The zero-order valence-corrected chi connectivity index (χ0v) is 10.9. The molecule has 0 radical (unpaired) electrons. The summed E-state index contributed by atoms with van der Waals surface area (Å²) in [6, 6.07) is 5.80. The van der Waals surface area contributed by atoms with Gasteiger partial charge in [0.1, 0.15) is 6.61 Å². The molecular weight excluding hydrogens is 361 g/mol. The summed E-state index contributed by atoms with van der Waals surface area (Å²) in [6.07, 6.45) is -0.266. The van der Waals surface area contributed by atoms with Crippen molar-refractivity contribution in [3.8, 4) is 0 Å². The van der Waals surface area contributed by atoms with Gasteiger partial charge in [-0.1, -0.05) is 0 Å². The Kier molecular flexibility index (Phi) is 2.96. The van der Waals surface area contributed by atoms with E-state index in [0.29, 0.717) is 13.2 Å². The number of ether oxygens (including phenoxy) is 1. The van der Waals surface area contributed by atoms with Crippen molar-refractivity contribution < 1.29 is 9.53 Å². The Balaban J connectivity index is 2.32. The van der Waals surface area contributed by atoms with Gasteiger partial charge in [0.05, 0.1) is 6.54 Å². The van der Waals surface area contributed by atoms with Crippen LogP contribution in [0, 0.1) is 3.57 Å². The Morgan fingerprint density at radius 3 is 2.86 bits per heavy atom. The summed E-state index contributed by atoms with van der Waals surface area (Å²) in [5.41, 5.74) is 0.875. The number of hydrogen-bond acceptors (Lipinski definition) is 2. The summed E-state index contributed by atoms with van der Waals surface area (Å²) >= 11 is 5.65. The fraction of sp³-hybridized carbons (Fsp3) is 0.222. The molecule has 0 atom stereocenters. The SMILES string of the molecule is O=C1OCCN1c1ccc(I)c(Br)c1. The van der Waals surface area contributed by atoms with Crippen LogP contribution in [-0.4, -0.2) is 19.2 Å². The van der Waals surface area contributed by atoms with Crippen LogP contribution in [-0.2, 0) is 4.74 Å². The first-order valence-electron chi connectivity index (χ1n) is 4.08. The average Bonchev–Trinajstić information content (AvgIpc) is 2.57. The predicted octanol–water partition coefficient (Wildman–Crippen LogP) is 3.01. The summed E-state index contributed by atoms with van der Waals surface area (Å²) < 4.78 is 6.98. The number of amides is 1. The second kappa shape index (κ2) is 4.06. The van der Waals surface area contributed by atoms with Gasteiger partial charge < -0.3 is 4.74 Å². The van der Waals surface area contributed by atoms with Crippen LogP contribution >= 0.6 is 38.5 Å². The van der Waals surface area contributed by atoms with Crippen LogP contribution in [0.25, 0.3) is 0 Å². The van der Waals surface area contributed by atoms with Gasteiger partial charge in [0.15, 0.2) is 0 Å². The molecule has 0 aromatic heterocycles. The summed E-state index contributed by atoms with van der Waals surface area (Å²) in [4.78, 5) is 12.9. The van der Waals surface area contributed by atoms with Crippen molar-refractivity contribution in [1.29, 1.82) is 0 Å². The smallest absolute Gasteiger partial charge is 0.414 e. The minimum absolute atomic E-state index is 0.266. The third-order valence-electron chi connectivity index (χ3n) is 1.98. The van der Waals surface area contributed by atoms with Crippen molar-refractivity contribution in [2.75, 3.05) is 18.1 Å². The Morgan fingerprint density at radius 1 is 1.50 bits per heavy atom. The molecule has 3 nitrogen and oxygen atoms in total. The number of rotatable bonds is 1. The van der Waals surface area contributed by atoms with Gasteiger partial charge in [-0.05, 0) is 56.7 Å². The van der Waals surface area contributed by atoms with Crippen molar-refractivity contribution in [1.82, 2.24) is 0 Å². The molecule has 0 aliphatic carbocycles. The van der Waals surface area contributed by atoms with Crippen LogP contribution in [0.15, 0.2) is 22.7 Å². The third-order valence-corrected chi connectivity index (χ3v) is 4.31. The molecule has 74 valence electrons. The number of anilines is 1. The topological polar surface area (TPSA) is 29.5 Å². The lowest BCUT2D eigenvalue weighted by atomic mass is 10.3. The van der Waals surface area contributed by atoms with E-state index in [1.54, 1.807) is 4.90 Å². The molecule has 14 heavy (non-hydrogen) atoms. The molecule has 1 aromatic rings. The van der Waals surface area contributed by atoms with Crippen molar-refractivity contribution >= 4 is 50.3 Å². The molecular formula is C9H7BrINO2. The van der Waals surface area contributed by atoms with Crippen molar-refractivity contribution in [3.63, 3.8) is 0 Å². The Morgan fingerprint density at radius 2 is 2.29 bits per heavy atom. The number of cyclic esters (lactones) is 1.